The summed E-state index contributed by atoms with van der Waals surface area (Å²) in [5.74, 6) is 0.0499. The molecule has 3 rings (SSSR count). The number of benzene rings is 1. The van der Waals surface area contributed by atoms with E-state index in [1.807, 2.05) is 6.07 Å². The van der Waals surface area contributed by atoms with Gasteiger partial charge in [0, 0.05) is 26.2 Å². The van der Waals surface area contributed by atoms with Gasteiger partial charge in [-0.3, -0.25) is 4.72 Å². The lowest BCUT2D eigenvalue weighted by molar-refractivity contribution is 0.362. The van der Waals surface area contributed by atoms with E-state index in [1.54, 1.807) is 18.2 Å². The molecule has 0 radical (unpaired) electrons. The summed E-state index contributed by atoms with van der Waals surface area (Å²) in [6, 6.07) is 7.14. The Labute approximate surface area is 127 Å². The highest BCUT2D eigenvalue weighted by Gasteiger charge is 2.25. The van der Waals surface area contributed by atoms with E-state index in [1.165, 1.54) is 4.31 Å². The van der Waals surface area contributed by atoms with E-state index in [2.05, 4.69) is 20.0 Å². The molecule has 1 aliphatic heterocycles. The first kappa shape index (κ1) is 14.5. The number of para-hydroxylation sites is 2. The van der Waals surface area contributed by atoms with Crippen LogP contribution in [-0.4, -0.2) is 48.9 Å². The summed E-state index contributed by atoms with van der Waals surface area (Å²) in [6.45, 7) is 2.07. The molecule has 112 valence electrons. The Hall–Kier alpha value is -1.48. The number of rotatable bonds is 3. The van der Waals surface area contributed by atoms with Crippen LogP contribution in [0.5, 0.6) is 0 Å². The van der Waals surface area contributed by atoms with Gasteiger partial charge in [-0.05, 0) is 12.1 Å². The fourth-order valence-electron chi connectivity index (χ4n) is 2.11. The van der Waals surface area contributed by atoms with E-state index >= 15 is 0 Å². The number of hydrogen-bond donors (Lipinski definition) is 2. The van der Waals surface area contributed by atoms with Crippen molar-refractivity contribution < 1.29 is 8.42 Å². The van der Waals surface area contributed by atoms with Crippen LogP contribution in [0.25, 0.3) is 11.0 Å². The van der Waals surface area contributed by atoms with Crippen LogP contribution in [0.15, 0.2) is 24.3 Å². The van der Waals surface area contributed by atoms with Gasteiger partial charge in [0.15, 0.2) is 11.0 Å². The van der Waals surface area contributed by atoms with Crippen LogP contribution in [0.3, 0.4) is 0 Å². The maximum Gasteiger partial charge on any atom is 0.302 e. The SMILES string of the molecule is O=S(=O)(Nc1nc2ccccc2nc1Cl)N1CCNCC1. The van der Waals surface area contributed by atoms with Crippen molar-refractivity contribution in [3.8, 4) is 0 Å². The Bertz CT molecular complexity index is 761. The number of nitrogens with one attached hydrogen (secondary N) is 2. The summed E-state index contributed by atoms with van der Waals surface area (Å²) < 4.78 is 28.4. The van der Waals surface area contributed by atoms with Crippen molar-refractivity contribution in [2.45, 2.75) is 0 Å². The standard InChI is InChI=1S/C12H14ClN5O2S/c13-11-12(16-10-4-2-1-3-9(10)15-11)17-21(19,20)18-7-5-14-6-8-18/h1-4,14H,5-8H2,(H,16,17). The van der Waals surface area contributed by atoms with Crippen LogP contribution >= 0.6 is 11.6 Å². The molecule has 21 heavy (non-hydrogen) atoms. The zero-order valence-corrected chi connectivity index (χ0v) is 12.7. The first-order valence-electron chi connectivity index (χ1n) is 6.47. The second-order valence-electron chi connectivity index (χ2n) is 4.61. The fraction of sp³-hybridized carbons (Fsp3) is 0.333. The predicted octanol–water partition coefficient (Wildman–Crippen LogP) is 0.845. The highest BCUT2D eigenvalue weighted by molar-refractivity contribution is 7.90. The maximum atomic E-state index is 12.3. The van der Waals surface area contributed by atoms with Crippen molar-refractivity contribution in [1.82, 2.24) is 19.6 Å². The normalized spacial score (nSPS) is 17.0. The van der Waals surface area contributed by atoms with E-state index < -0.39 is 10.2 Å². The van der Waals surface area contributed by atoms with Crippen LogP contribution in [0.1, 0.15) is 0 Å². The third-order valence-corrected chi connectivity index (χ3v) is 4.93. The Morgan fingerprint density at radius 2 is 1.76 bits per heavy atom. The first-order chi connectivity index (χ1) is 10.1. The highest BCUT2D eigenvalue weighted by atomic mass is 35.5. The van der Waals surface area contributed by atoms with Gasteiger partial charge in [0.1, 0.15) is 0 Å². The zero-order chi connectivity index (χ0) is 14.9. The van der Waals surface area contributed by atoms with Crippen LogP contribution in [-0.2, 0) is 10.2 Å². The fourth-order valence-corrected chi connectivity index (χ4v) is 3.53. The van der Waals surface area contributed by atoms with Crippen molar-refractivity contribution in [3.63, 3.8) is 0 Å². The molecule has 2 aromatic rings. The number of fused-ring (bicyclic) bond motifs is 1. The smallest absolute Gasteiger partial charge is 0.302 e. The Balaban J connectivity index is 1.91. The molecule has 2 heterocycles. The lowest BCUT2D eigenvalue weighted by Gasteiger charge is -2.26. The summed E-state index contributed by atoms with van der Waals surface area (Å²) in [7, 11) is -3.67. The molecule has 0 spiro atoms. The summed E-state index contributed by atoms with van der Waals surface area (Å²) in [4.78, 5) is 8.38. The number of piperazine rings is 1. The van der Waals surface area contributed by atoms with Gasteiger partial charge in [-0.15, -0.1) is 0 Å². The minimum absolute atomic E-state index is 0.0346. The Kier molecular flexibility index (Phi) is 3.94. The number of anilines is 1. The monoisotopic (exact) mass is 327 g/mol. The maximum absolute atomic E-state index is 12.3. The average molecular weight is 328 g/mol. The lowest BCUT2D eigenvalue weighted by Crippen LogP contribution is -2.48. The number of halogens is 1. The molecule has 0 saturated carbocycles. The molecule has 0 unspecified atom stereocenters. The molecule has 0 aliphatic carbocycles. The van der Waals surface area contributed by atoms with Gasteiger partial charge < -0.3 is 5.32 Å². The molecular weight excluding hydrogens is 314 g/mol. The zero-order valence-electron chi connectivity index (χ0n) is 11.1. The molecule has 0 atom stereocenters. The van der Waals surface area contributed by atoms with Gasteiger partial charge in [-0.2, -0.15) is 12.7 Å². The van der Waals surface area contributed by atoms with Crippen molar-refractivity contribution in [1.29, 1.82) is 0 Å². The quantitative estimate of drug-likeness (QED) is 0.872. The molecule has 1 saturated heterocycles. The summed E-state index contributed by atoms with van der Waals surface area (Å²) in [5, 5.41) is 3.13. The molecule has 1 fully saturated rings. The van der Waals surface area contributed by atoms with Crippen LogP contribution in [0.4, 0.5) is 5.82 Å². The molecule has 0 amide bonds. The van der Waals surface area contributed by atoms with E-state index in [4.69, 9.17) is 11.6 Å². The predicted molar refractivity (Wildman–Crippen MR) is 81.5 cm³/mol. The second kappa shape index (κ2) is 5.72. The van der Waals surface area contributed by atoms with E-state index in [-0.39, 0.29) is 11.0 Å². The second-order valence-corrected chi connectivity index (χ2v) is 6.64. The molecule has 7 nitrogen and oxygen atoms in total. The Morgan fingerprint density at radius 3 is 2.43 bits per heavy atom. The number of hydrogen-bond acceptors (Lipinski definition) is 5. The molecular formula is C12H14ClN5O2S. The molecule has 1 aromatic carbocycles. The van der Waals surface area contributed by atoms with E-state index in [9.17, 15) is 8.42 Å². The highest BCUT2D eigenvalue weighted by Crippen LogP contribution is 2.22. The average Bonchev–Trinajstić information content (AvgIpc) is 2.49. The van der Waals surface area contributed by atoms with Gasteiger partial charge in [0.25, 0.3) is 0 Å². The third kappa shape index (κ3) is 3.08. The number of nitrogens with zero attached hydrogens (tertiary/aromatic N) is 3. The molecule has 9 heteroatoms. The molecule has 0 bridgehead atoms. The molecule has 2 N–H and O–H groups in total. The minimum Gasteiger partial charge on any atom is -0.314 e. The van der Waals surface area contributed by atoms with Crippen molar-refractivity contribution in [3.05, 3.63) is 29.4 Å². The number of aromatic nitrogens is 2. The van der Waals surface area contributed by atoms with Gasteiger partial charge >= 0.3 is 10.2 Å². The van der Waals surface area contributed by atoms with Gasteiger partial charge in [-0.25, -0.2) is 9.97 Å². The lowest BCUT2D eigenvalue weighted by atomic mass is 10.3. The largest absolute Gasteiger partial charge is 0.314 e. The van der Waals surface area contributed by atoms with Crippen molar-refractivity contribution in [2.24, 2.45) is 0 Å². The molecule has 1 aromatic heterocycles. The molecule has 1 aliphatic rings. The van der Waals surface area contributed by atoms with Crippen molar-refractivity contribution in [2.75, 3.05) is 30.9 Å². The first-order valence-corrected chi connectivity index (χ1v) is 8.29. The summed E-state index contributed by atoms with van der Waals surface area (Å²) in [6.07, 6.45) is 0. The third-order valence-electron chi connectivity index (χ3n) is 3.17. The summed E-state index contributed by atoms with van der Waals surface area (Å²) >= 11 is 6.02. The topological polar surface area (TPSA) is 87.2 Å². The van der Waals surface area contributed by atoms with E-state index in [0.29, 0.717) is 37.2 Å². The van der Waals surface area contributed by atoms with Crippen LogP contribution < -0.4 is 10.0 Å². The minimum atomic E-state index is -3.67. The van der Waals surface area contributed by atoms with Crippen molar-refractivity contribution >= 4 is 38.7 Å². The summed E-state index contributed by atoms with van der Waals surface area (Å²) in [5.41, 5.74) is 1.20. The van der Waals surface area contributed by atoms with Gasteiger partial charge in [0.05, 0.1) is 11.0 Å². The van der Waals surface area contributed by atoms with Crippen LogP contribution in [0, 0.1) is 0 Å². The van der Waals surface area contributed by atoms with Crippen LogP contribution in [0.2, 0.25) is 5.15 Å². The van der Waals surface area contributed by atoms with Gasteiger partial charge in [0.2, 0.25) is 0 Å². The van der Waals surface area contributed by atoms with Gasteiger partial charge in [-0.1, -0.05) is 23.7 Å². The van der Waals surface area contributed by atoms with E-state index in [0.717, 1.165) is 0 Å². The Morgan fingerprint density at radius 1 is 1.14 bits per heavy atom.